The molecule has 3 atom stereocenters. The molecule has 3 N–H and O–H groups in total. The minimum Gasteiger partial charge on any atom is -0.378 e. The van der Waals surface area contributed by atoms with Crippen molar-refractivity contribution in [2.24, 2.45) is 10.4 Å². The van der Waals surface area contributed by atoms with Crippen LogP contribution in [0.3, 0.4) is 0 Å². The van der Waals surface area contributed by atoms with E-state index in [0.717, 1.165) is 32.3 Å². The van der Waals surface area contributed by atoms with E-state index in [2.05, 4.69) is 41.1 Å². The lowest BCUT2D eigenvalue weighted by atomic mass is 9.56. The zero-order valence-corrected chi connectivity index (χ0v) is 20.9. The molecule has 2 fully saturated rings. The summed E-state index contributed by atoms with van der Waals surface area (Å²) in [6.45, 7) is 7.78. The number of halogens is 1. The predicted molar refractivity (Wildman–Crippen MR) is 123 cm³/mol. The number of ether oxygens (including phenoxy) is 2. The van der Waals surface area contributed by atoms with E-state index < -0.39 is 10.0 Å². The molecule has 0 amide bonds. The molecule has 0 aromatic carbocycles. The average Bonchev–Trinajstić information content (AvgIpc) is 2.65. The highest BCUT2D eigenvalue weighted by Gasteiger charge is 2.58. The van der Waals surface area contributed by atoms with E-state index in [0.29, 0.717) is 12.5 Å². The highest BCUT2D eigenvalue weighted by molar-refractivity contribution is 14.0. The van der Waals surface area contributed by atoms with Crippen molar-refractivity contribution >= 4 is 40.0 Å². The molecule has 2 rings (SSSR count). The molecule has 1 aliphatic heterocycles. The molecular weight excluding hydrogens is 495 g/mol. The van der Waals surface area contributed by atoms with Gasteiger partial charge in [0.25, 0.3) is 0 Å². The molecule has 28 heavy (non-hydrogen) atoms. The largest absolute Gasteiger partial charge is 0.378 e. The van der Waals surface area contributed by atoms with Gasteiger partial charge in [-0.15, -0.1) is 24.0 Å². The van der Waals surface area contributed by atoms with Crippen LogP contribution in [-0.2, 0) is 19.5 Å². The van der Waals surface area contributed by atoms with Crippen molar-refractivity contribution in [3.05, 3.63) is 0 Å². The second-order valence-electron chi connectivity index (χ2n) is 8.21. The van der Waals surface area contributed by atoms with Crippen molar-refractivity contribution in [3.8, 4) is 0 Å². The molecular formula is C18H37IN4O4S. The molecule has 8 nitrogen and oxygen atoms in total. The van der Waals surface area contributed by atoms with Gasteiger partial charge in [0.2, 0.25) is 10.0 Å². The molecule has 1 heterocycles. The van der Waals surface area contributed by atoms with Gasteiger partial charge < -0.3 is 20.1 Å². The first-order valence-electron chi connectivity index (χ1n) is 9.75. The Kier molecular flexibility index (Phi) is 9.92. The van der Waals surface area contributed by atoms with Crippen LogP contribution in [0.1, 0.15) is 46.5 Å². The Labute approximate surface area is 187 Å². The van der Waals surface area contributed by atoms with Crippen LogP contribution in [0.4, 0.5) is 0 Å². The molecule has 1 saturated heterocycles. The van der Waals surface area contributed by atoms with Gasteiger partial charge >= 0.3 is 0 Å². The van der Waals surface area contributed by atoms with Crippen molar-refractivity contribution in [2.75, 3.05) is 39.6 Å². The summed E-state index contributed by atoms with van der Waals surface area (Å²) < 4.78 is 38.2. The fourth-order valence-corrected chi connectivity index (χ4v) is 4.60. The summed E-state index contributed by atoms with van der Waals surface area (Å²) in [6.07, 6.45) is 3.93. The zero-order chi connectivity index (χ0) is 20.1. The van der Waals surface area contributed by atoms with Crippen LogP contribution < -0.4 is 15.4 Å². The Morgan fingerprint density at radius 2 is 2.00 bits per heavy atom. The fourth-order valence-electron chi connectivity index (χ4n) is 3.65. The number of hydrogen-bond acceptors (Lipinski definition) is 5. The topological polar surface area (TPSA) is 101 Å². The summed E-state index contributed by atoms with van der Waals surface area (Å²) in [4.78, 5) is 4.21. The lowest BCUT2D eigenvalue weighted by Gasteiger charge is -2.59. The van der Waals surface area contributed by atoms with E-state index >= 15 is 0 Å². The Bertz CT molecular complexity index is 623. The molecule has 0 spiro atoms. The van der Waals surface area contributed by atoms with E-state index in [1.54, 1.807) is 14.2 Å². The Balaban J connectivity index is 0.00000392. The summed E-state index contributed by atoms with van der Waals surface area (Å²) in [5.41, 5.74) is -0.217. The number of sulfonamides is 1. The molecule has 2 aliphatic rings. The maximum atomic E-state index is 12.2. The summed E-state index contributed by atoms with van der Waals surface area (Å²) in [6, 6.07) is 0.215. The van der Waals surface area contributed by atoms with Gasteiger partial charge in [-0.05, 0) is 32.6 Å². The molecule has 1 aliphatic carbocycles. The van der Waals surface area contributed by atoms with Gasteiger partial charge in [0, 0.05) is 45.3 Å². The minimum atomic E-state index is -3.35. The minimum absolute atomic E-state index is 0. The van der Waals surface area contributed by atoms with Crippen molar-refractivity contribution in [2.45, 2.75) is 64.2 Å². The van der Waals surface area contributed by atoms with Gasteiger partial charge in [0.05, 0.1) is 17.5 Å². The number of guanidine groups is 1. The Morgan fingerprint density at radius 3 is 2.54 bits per heavy atom. The smallest absolute Gasteiger partial charge is 0.213 e. The zero-order valence-electron chi connectivity index (χ0n) is 17.7. The highest BCUT2D eigenvalue weighted by atomic mass is 127. The van der Waals surface area contributed by atoms with Crippen molar-refractivity contribution in [1.82, 2.24) is 15.4 Å². The number of aliphatic imine (C=N–C) groups is 1. The van der Waals surface area contributed by atoms with Crippen LogP contribution in [-0.4, -0.2) is 71.7 Å². The third kappa shape index (κ3) is 6.41. The van der Waals surface area contributed by atoms with E-state index in [4.69, 9.17) is 9.47 Å². The first-order chi connectivity index (χ1) is 12.6. The number of rotatable bonds is 8. The first-order valence-corrected chi connectivity index (χ1v) is 11.4. The third-order valence-corrected chi connectivity index (χ3v) is 7.63. The van der Waals surface area contributed by atoms with Gasteiger partial charge in [0.1, 0.15) is 0 Å². The Morgan fingerprint density at radius 1 is 1.29 bits per heavy atom. The SMILES string of the molecule is CN=C(NCCS(=O)(=O)NCC1CCCCO1)NC1CC(C)(OC)C1(C)C.I. The number of nitrogens with zero attached hydrogens (tertiary/aromatic N) is 1. The summed E-state index contributed by atoms with van der Waals surface area (Å²) in [5.74, 6) is 0.599. The van der Waals surface area contributed by atoms with Crippen LogP contribution in [0.5, 0.6) is 0 Å². The molecule has 0 aromatic heterocycles. The van der Waals surface area contributed by atoms with Gasteiger partial charge in [-0.3, -0.25) is 4.99 Å². The van der Waals surface area contributed by atoms with Crippen LogP contribution in [0.25, 0.3) is 0 Å². The van der Waals surface area contributed by atoms with Gasteiger partial charge in [-0.25, -0.2) is 13.1 Å². The average molecular weight is 532 g/mol. The van der Waals surface area contributed by atoms with Gasteiger partial charge in [-0.2, -0.15) is 0 Å². The number of nitrogens with one attached hydrogen (secondary N) is 3. The first kappa shape index (κ1) is 25.9. The summed E-state index contributed by atoms with van der Waals surface area (Å²) in [5, 5.41) is 6.47. The van der Waals surface area contributed by atoms with Crippen molar-refractivity contribution < 1.29 is 17.9 Å². The van der Waals surface area contributed by atoms with Gasteiger partial charge in [0.15, 0.2) is 5.96 Å². The van der Waals surface area contributed by atoms with Gasteiger partial charge in [-0.1, -0.05) is 13.8 Å². The molecule has 10 heteroatoms. The molecule has 1 saturated carbocycles. The van der Waals surface area contributed by atoms with E-state index in [-0.39, 0.29) is 59.4 Å². The number of methoxy groups -OCH3 is 1. The van der Waals surface area contributed by atoms with Crippen LogP contribution in [0.2, 0.25) is 0 Å². The Hall–Kier alpha value is -0.170. The van der Waals surface area contributed by atoms with E-state index in [1.165, 1.54) is 0 Å². The normalized spacial score (nSPS) is 30.1. The third-order valence-electron chi connectivity index (χ3n) is 6.28. The van der Waals surface area contributed by atoms with Crippen molar-refractivity contribution in [3.63, 3.8) is 0 Å². The maximum Gasteiger partial charge on any atom is 0.213 e. The van der Waals surface area contributed by atoms with Crippen LogP contribution in [0.15, 0.2) is 4.99 Å². The predicted octanol–water partition coefficient (Wildman–Crippen LogP) is 1.46. The quantitative estimate of drug-likeness (QED) is 0.249. The molecule has 0 bridgehead atoms. The highest BCUT2D eigenvalue weighted by Crippen LogP contribution is 2.51. The summed E-state index contributed by atoms with van der Waals surface area (Å²) >= 11 is 0. The van der Waals surface area contributed by atoms with Crippen LogP contribution in [0, 0.1) is 5.41 Å². The molecule has 0 radical (unpaired) electrons. The summed E-state index contributed by atoms with van der Waals surface area (Å²) in [7, 11) is 0.0760. The fraction of sp³-hybridized carbons (Fsp3) is 0.944. The second kappa shape index (κ2) is 10.7. The monoisotopic (exact) mass is 532 g/mol. The second-order valence-corrected chi connectivity index (χ2v) is 10.1. The lowest BCUT2D eigenvalue weighted by molar-refractivity contribution is -0.176. The van der Waals surface area contributed by atoms with E-state index in [1.807, 2.05) is 0 Å². The molecule has 0 aromatic rings. The standard InChI is InChI=1S/C18H36N4O4S.HI/c1-17(2)15(12-18(17,3)25-5)22-16(19-4)20-9-11-27(23,24)21-13-14-8-6-7-10-26-14;/h14-15,21H,6-13H2,1-5H3,(H2,19,20,22);1H. The molecule has 3 unspecified atom stereocenters. The number of hydrogen-bond donors (Lipinski definition) is 3. The maximum absolute atomic E-state index is 12.2. The van der Waals surface area contributed by atoms with Crippen molar-refractivity contribution in [1.29, 1.82) is 0 Å². The van der Waals surface area contributed by atoms with Crippen LogP contribution >= 0.6 is 24.0 Å². The van der Waals surface area contributed by atoms with E-state index in [9.17, 15) is 8.42 Å². The molecule has 166 valence electrons. The lowest BCUT2D eigenvalue weighted by Crippen LogP contribution is -2.69.